The first-order valence-electron chi connectivity index (χ1n) is 6.11. The van der Waals surface area contributed by atoms with E-state index in [4.69, 9.17) is 10.6 Å². The fourth-order valence-corrected chi connectivity index (χ4v) is 2.20. The van der Waals surface area contributed by atoms with Crippen LogP contribution in [0.25, 0.3) is 0 Å². The molecule has 2 aromatic rings. The zero-order valence-corrected chi connectivity index (χ0v) is 11.9. The molecular formula is C13H14N4O3S. The zero-order valence-electron chi connectivity index (χ0n) is 11.0. The summed E-state index contributed by atoms with van der Waals surface area (Å²) < 4.78 is 5.53. The molecule has 2 rings (SSSR count). The fraction of sp³-hybridized carbons (Fsp3) is 0.154. The van der Waals surface area contributed by atoms with E-state index in [9.17, 15) is 9.59 Å². The van der Waals surface area contributed by atoms with E-state index in [0.717, 1.165) is 0 Å². The van der Waals surface area contributed by atoms with Crippen LogP contribution in [0.2, 0.25) is 0 Å². The molecule has 0 radical (unpaired) electrons. The van der Waals surface area contributed by atoms with Gasteiger partial charge in [-0.1, -0.05) is 17.8 Å². The Morgan fingerprint density at radius 2 is 2.29 bits per heavy atom. The summed E-state index contributed by atoms with van der Waals surface area (Å²) in [6, 6.07) is 8.07. The number of hydrogen-bond acceptors (Lipinski definition) is 6. The van der Waals surface area contributed by atoms with Crippen LogP contribution in [0.1, 0.15) is 10.4 Å². The van der Waals surface area contributed by atoms with Crippen LogP contribution in [0, 0.1) is 0 Å². The minimum atomic E-state index is -0.374. The van der Waals surface area contributed by atoms with Crippen molar-refractivity contribution in [2.24, 2.45) is 5.84 Å². The number of nitrogens with two attached hydrogens (primary N) is 1. The van der Waals surface area contributed by atoms with Crippen LogP contribution in [0.3, 0.4) is 0 Å². The highest BCUT2D eigenvalue weighted by Gasteiger charge is 2.04. The lowest BCUT2D eigenvalue weighted by Gasteiger charge is -2.07. The van der Waals surface area contributed by atoms with Crippen molar-refractivity contribution in [2.45, 2.75) is 5.16 Å². The quantitative estimate of drug-likeness (QED) is 0.179. The van der Waals surface area contributed by atoms with Crippen molar-refractivity contribution in [1.82, 2.24) is 15.4 Å². The smallest absolute Gasteiger partial charge is 0.265 e. The maximum absolute atomic E-state index is 11.4. The van der Waals surface area contributed by atoms with Crippen LogP contribution in [0.4, 0.5) is 0 Å². The molecule has 1 amide bonds. The number of rotatable bonds is 6. The number of carbonyl (C=O) groups is 1. The fourth-order valence-electron chi connectivity index (χ4n) is 1.53. The molecule has 0 atom stereocenters. The molecule has 0 aliphatic carbocycles. The van der Waals surface area contributed by atoms with Gasteiger partial charge in [0.25, 0.3) is 11.5 Å². The Morgan fingerprint density at radius 3 is 3.05 bits per heavy atom. The van der Waals surface area contributed by atoms with Crippen LogP contribution in [-0.4, -0.2) is 28.2 Å². The molecule has 1 aromatic carbocycles. The molecule has 110 valence electrons. The number of amides is 1. The van der Waals surface area contributed by atoms with Crippen LogP contribution >= 0.6 is 11.8 Å². The molecular weight excluding hydrogens is 292 g/mol. The Morgan fingerprint density at radius 1 is 1.43 bits per heavy atom. The van der Waals surface area contributed by atoms with Gasteiger partial charge < -0.3 is 9.72 Å². The van der Waals surface area contributed by atoms with Gasteiger partial charge in [-0.05, 0) is 18.2 Å². The van der Waals surface area contributed by atoms with Crippen LogP contribution in [0.15, 0.2) is 46.5 Å². The van der Waals surface area contributed by atoms with E-state index in [1.165, 1.54) is 24.0 Å². The summed E-state index contributed by atoms with van der Waals surface area (Å²) in [6.45, 7) is 0.414. The number of nitrogens with one attached hydrogen (secondary N) is 2. The molecule has 21 heavy (non-hydrogen) atoms. The lowest BCUT2D eigenvalue weighted by Crippen LogP contribution is -2.29. The van der Waals surface area contributed by atoms with Gasteiger partial charge in [0.05, 0.1) is 6.61 Å². The largest absolute Gasteiger partial charge is 0.493 e. The first-order valence-corrected chi connectivity index (χ1v) is 7.09. The molecule has 4 N–H and O–H groups in total. The summed E-state index contributed by atoms with van der Waals surface area (Å²) >= 11 is 1.38. The number of thioether (sulfide) groups is 1. The van der Waals surface area contributed by atoms with E-state index in [1.807, 2.05) is 0 Å². The van der Waals surface area contributed by atoms with E-state index < -0.39 is 0 Å². The Labute approximate surface area is 124 Å². The summed E-state index contributed by atoms with van der Waals surface area (Å²) in [4.78, 5) is 29.1. The summed E-state index contributed by atoms with van der Waals surface area (Å²) in [5.74, 6) is 5.89. The van der Waals surface area contributed by atoms with Crippen molar-refractivity contribution in [3.8, 4) is 5.75 Å². The second-order valence-electron chi connectivity index (χ2n) is 3.94. The predicted molar refractivity (Wildman–Crippen MR) is 79.2 cm³/mol. The molecule has 0 aliphatic heterocycles. The lowest BCUT2D eigenvalue weighted by molar-refractivity contribution is 0.0953. The zero-order chi connectivity index (χ0) is 15.1. The molecule has 0 saturated heterocycles. The van der Waals surface area contributed by atoms with Crippen molar-refractivity contribution >= 4 is 17.7 Å². The monoisotopic (exact) mass is 306 g/mol. The third-order valence-electron chi connectivity index (χ3n) is 2.47. The standard InChI is InChI=1S/C13H14N4O3S/c14-17-12(19)9-2-1-3-10(8-9)20-6-7-21-13-15-5-4-11(18)16-13/h1-5,8H,6-7,14H2,(H,17,19)(H,15,16,18). The van der Waals surface area contributed by atoms with Crippen molar-refractivity contribution in [3.05, 3.63) is 52.4 Å². The summed E-state index contributed by atoms with van der Waals surface area (Å²) in [6.07, 6.45) is 1.46. The maximum atomic E-state index is 11.4. The van der Waals surface area contributed by atoms with E-state index in [-0.39, 0.29) is 11.5 Å². The number of carbonyl (C=O) groups excluding carboxylic acids is 1. The second-order valence-corrected chi connectivity index (χ2v) is 5.02. The Hall–Kier alpha value is -2.32. The van der Waals surface area contributed by atoms with E-state index in [2.05, 4.69) is 15.4 Å². The van der Waals surface area contributed by atoms with Crippen LogP contribution < -0.4 is 21.6 Å². The first kappa shape index (κ1) is 15.1. The molecule has 8 heteroatoms. The predicted octanol–water partition coefficient (Wildman–Crippen LogP) is 0.544. The van der Waals surface area contributed by atoms with E-state index in [1.54, 1.807) is 24.3 Å². The highest BCUT2D eigenvalue weighted by atomic mass is 32.2. The summed E-state index contributed by atoms with van der Waals surface area (Å²) in [5, 5.41) is 0.544. The minimum Gasteiger partial charge on any atom is -0.493 e. The number of hydrogen-bond donors (Lipinski definition) is 3. The van der Waals surface area contributed by atoms with Gasteiger partial charge in [-0.25, -0.2) is 10.8 Å². The van der Waals surface area contributed by atoms with Gasteiger partial charge in [0.15, 0.2) is 5.16 Å². The minimum absolute atomic E-state index is 0.186. The van der Waals surface area contributed by atoms with E-state index >= 15 is 0 Å². The lowest BCUT2D eigenvalue weighted by atomic mass is 10.2. The number of H-pyrrole nitrogens is 1. The van der Waals surface area contributed by atoms with Gasteiger partial charge in [0.1, 0.15) is 5.75 Å². The number of aromatic nitrogens is 2. The SMILES string of the molecule is NNC(=O)c1cccc(OCCSc2nccc(=O)[nH]2)c1. The van der Waals surface area contributed by atoms with Gasteiger partial charge in [-0.3, -0.25) is 15.0 Å². The topological polar surface area (TPSA) is 110 Å². The molecule has 0 unspecified atom stereocenters. The number of nitrogens with zero attached hydrogens (tertiary/aromatic N) is 1. The number of ether oxygens (including phenoxy) is 1. The van der Waals surface area contributed by atoms with Crippen LogP contribution in [-0.2, 0) is 0 Å². The molecule has 0 aliphatic rings. The number of nitrogen functional groups attached to an aromatic ring is 1. The van der Waals surface area contributed by atoms with Crippen molar-refractivity contribution in [2.75, 3.05) is 12.4 Å². The first-order chi connectivity index (χ1) is 10.2. The molecule has 1 heterocycles. The molecule has 0 fully saturated rings. The third kappa shape index (κ3) is 4.62. The van der Waals surface area contributed by atoms with Crippen molar-refractivity contribution in [3.63, 3.8) is 0 Å². The van der Waals surface area contributed by atoms with E-state index in [0.29, 0.717) is 28.8 Å². The Balaban J connectivity index is 1.83. The molecule has 1 aromatic heterocycles. The van der Waals surface area contributed by atoms with Gasteiger partial charge in [-0.15, -0.1) is 0 Å². The maximum Gasteiger partial charge on any atom is 0.265 e. The molecule has 0 saturated carbocycles. The van der Waals surface area contributed by atoms with Gasteiger partial charge >= 0.3 is 0 Å². The number of benzene rings is 1. The van der Waals surface area contributed by atoms with Crippen molar-refractivity contribution in [1.29, 1.82) is 0 Å². The highest BCUT2D eigenvalue weighted by molar-refractivity contribution is 7.99. The van der Waals surface area contributed by atoms with Gasteiger partial charge in [0, 0.05) is 23.6 Å². The molecule has 0 bridgehead atoms. The Bertz CT molecular complexity index is 674. The summed E-state index contributed by atoms with van der Waals surface area (Å²) in [5.41, 5.74) is 2.30. The Kier molecular flexibility index (Phi) is 5.35. The number of aromatic amines is 1. The average Bonchev–Trinajstić information content (AvgIpc) is 2.51. The second kappa shape index (κ2) is 7.46. The van der Waals surface area contributed by atoms with Crippen LogP contribution in [0.5, 0.6) is 5.75 Å². The number of hydrazine groups is 1. The normalized spacial score (nSPS) is 10.1. The van der Waals surface area contributed by atoms with Crippen molar-refractivity contribution < 1.29 is 9.53 Å². The molecule has 0 spiro atoms. The highest BCUT2D eigenvalue weighted by Crippen LogP contribution is 2.15. The average molecular weight is 306 g/mol. The third-order valence-corrected chi connectivity index (χ3v) is 3.32. The van der Waals surface area contributed by atoms with Gasteiger partial charge in [-0.2, -0.15) is 0 Å². The summed E-state index contributed by atoms with van der Waals surface area (Å²) in [7, 11) is 0. The molecule has 7 nitrogen and oxygen atoms in total. The van der Waals surface area contributed by atoms with Gasteiger partial charge in [0.2, 0.25) is 0 Å².